The quantitative estimate of drug-likeness (QED) is 0.411. The number of hydrogen-bond donors (Lipinski definition) is 2. The zero-order valence-corrected chi connectivity index (χ0v) is 12.1. The minimum Gasteiger partial charge on any atom is -0.317 e. The van der Waals surface area contributed by atoms with Crippen LogP contribution in [-0.4, -0.2) is 97.5 Å². The molecule has 0 atom stereocenters. The van der Waals surface area contributed by atoms with E-state index >= 15 is 0 Å². The highest BCUT2D eigenvalue weighted by atomic mass is 15.5. The zero-order valence-electron chi connectivity index (χ0n) is 12.1. The molecular formula is C13H30N6+2. The van der Waals surface area contributed by atoms with Gasteiger partial charge < -0.3 is 8.97 Å². The van der Waals surface area contributed by atoms with Gasteiger partial charge in [-0.1, -0.05) is 0 Å². The zero-order chi connectivity index (χ0) is 13.3. The van der Waals surface area contributed by atoms with Crippen LogP contribution >= 0.6 is 0 Å². The van der Waals surface area contributed by atoms with Crippen LogP contribution in [0.3, 0.4) is 0 Å². The average Bonchev–Trinajstić information content (AvgIpc) is 2.59. The maximum absolute atomic E-state index is 5.92. The highest BCUT2D eigenvalue weighted by Crippen LogP contribution is 2.22. The van der Waals surface area contributed by atoms with Crippen LogP contribution in [0, 0.1) is 0 Å². The monoisotopic (exact) mass is 270 g/mol. The third-order valence-electron chi connectivity index (χ3n) is 5.76. The highest BCUT2D eigenvalue weighted by Gasteiger charge is 2.41. The summed E-state index contributed by atoms with van der Waals surface area (Å²) in [7, 11) is 0. The van der Waals surface area contributed by atoms with Gasteiger partial charge in [0.05, 0.1) is 65.4 Å². The second-order valence-corrected chi connectivity index (χ2v) is 6.90. The number of quaternary nitrogens is 2. The lowest BCUT2D eigenvalue weighted by Crippen LogP contribution is -2.65. The molecule has 0 amide bonds. The molecule has 6 nitrogen and oxygen atoms in total. The van der Waals surface area contributed by atoms with Gasteiger partial charge in [-0.05, 0) is 0 Å². The fourth-order valence-corrected chi connectivity index (χ4v) is 4.09. The second-order valence-electron chi connectivity index (χ2n) is 6.90. The van der Waals surface area contributed by atoms with Crippen LogP contribution in [0.15, 0.2) is 0 Å². The van der Waals surface area contributed by atoms with Crippen LogP contribution < -0.4 is 11.7 Å². The molecule has 0 unspecified atom stereocenters. The van der Waals surface area contributed by atoms with Gasteiger partial charge >= 0.3 is 0 Å². The van der Waals surface area contributed by atoms with Gasteiger partial charge in [0.15, 0.2) is 0 Å². The van der Waals surface area contributed by atoms with Crippen molar-refractivity contribution in [1.29, 1.82) is 0 Å². The molecule has 3 fully saturated rings. The molecule has 2 spiro atoms. The van der Waals surface area contributed by atoms with Crippen molar-refractivity contribution in [3.63, 3.8) is 0 Å². The summed E-state index contributed by atoms with van der Waals surface area (Å²) in [4.78, 5) is 0. The van der Waals surface area contributed by atoms with Gasteiger partial charge in [-0.3, -0.25) is 11.7 Å². The largest absolute Gasteiger partial charge is 0.317 e. The van der Waals surface area contributed by atoms with Gasteiger partial charge in [0, 0.05) is 6.42 Å². The van der Waals surface area contributed by atoms with E-state index in [1.807, 2.05) is 10.0 Å². The van der Waals surface area contributed by atoms with Crippen LogP contribution in [0.1, 0.15) is 6.42 Å². The van der Waals surface area contributed by atoms with Gasteiger partial charge in [0.2, 0.25) is 0 Å². The number of piperazine rings is 2. The van der Waals surface area contributed by atoms with Crippen LogP contribution in [0.5, 0.6) is 0 Å². The Morgan fingerprint density at radius 2 is 0.895 bits per heavy atom. The SMILES string of the molecule is NN1CC[N+]2(CCC[N+]3(CCN(N)CC3)CC2)CC1. The van der Waals surface area contributed by atoms with Crippen LogP contribution in [0.2, 0.25) is 0 Å². The molecule has 3 aliphatic heterocycles. The van der Waals surface area contributed by atoms with Crippen molar-refractivity contribution in [2.75, 3.05) is 78.5 Å². The van der Waals surface area contributed by atoms with Gasteiger partial charge in [-0.15, -0.1) is 0 Å². The summed E-state index contributed by atoms with van der Waals surface area (Å²) in [6, 6.07) is 0. The maximum Gasteiger partial charge on any atom is 0.129 e. The Morgan fingerprint density at radius 1 is 0.526 bits per heavy atom. The first kappa shape index (κ1) is 13.7. The van der Waals surface area contributed by atoms with Crippen molar-refractivity contribution < 1.29 is 8.97 Å². The fraction of sp³-hybridized carbons (Fsp3) is 1.00. The molecule has 6 heteroatoms. The first-order chi connectivity index (χ1) is 9.12. The standard InChI is InChI=1S/C13H30N6/c14-16-2-8-18(9-3-16)6-1-7-19(13-12-18)10-4-17(15)5-11-19/h1-15H2/q+2. The Kier molecular flexibility index (Phi) is 3.81. The number of rotatable bonds is 0. The molecule has 0 bridgehead atoms. The number of hydrogen-bond acceptors (Lipinski definition) is 4. The molecule has 3 heterocycles. The van der Waals surface area contributed by atoms with Gasteiger partial charge in [-0.25, -0.2) is 10.0 Å². The predicted octanol–water partition coefficient (Wildman–Crippen LogP) is -1.60. The minimum atomic E-state index is 1.07. The molecule has 3 rings (SSSR count). The third-order valence-corrected chi connectivity index (χ3v) is 5.76. The van der Waals surface area contributed by atoms with Gasteiger partial charge in [0.1, 0.15) is 13.1 Å². The Hall–Kier alpha value is -0.240. The van der Waals surface area contributed by atoms with Crippen molar-refractivity contribution >= 4 is 0 Å². The fourth-order valence-electron chi connectivity index (χ4n) is 4.09. The summed E-state index contributed by atoms with van der Waals surface area (Å²) in [6.07, 6.45) is 1.37. The lowest BCUT2D eigenvalue weighted by Gasteiger charge is -2.45. The normalized spacial score (nSPS) is 32.5. The van der Waals surface area contributed by atoms with E-state index in [-0.39, 0.29) is 0 Å². The number of nitrogens with two attached hydrogens (primary N) is 2. The van der Waals surface area contributed by atoms with Crippen molar-refractivity contribution in [2.24, 2.45) is 11.7 Å². The van der Waals surface area contributed by atoms with Crippen LogP contribution in [0.25, 0.3) is 0 Å². The Labute approximate surface area is 116 Å². The molecule has 110 valence electrons. The van der Waals surface area contributed by atoms with Crippen LogP contribution in [0.4, 0.5) is 0 Å². The Bertz CT molecular complexity index is 274. The summed E-state index contributed by atoms with van der Waals surface area (Å²) in [5, 5.41) is 3.98. The van der Waals surface area contributed by atoms with Crippen molar-refractivity contribution in [2.45, 2.75) is 6.42 Å². The Morgan fingerprint density at radius 3 is 1.26 bits per heavy atom. The topological polar surface area (TPSA) is 58.5 Å². The lowest BCUT2D eigenvalue weighted by molar-refractivity contribution is -0.967. The molecule has 0 saturated carbocycles. The summed E-state index contributed by atoms with van der Waals surface area (Å²) < 4.78 is 2.64. The van der Waals surface area contributed by atoms with Crippen molar-refractivity contribution in [3.05, 3.63) is 0 Å². The first-order valence-corrected chi connectivity index (χ1v) is 7.81. The molecular weight excluding hydrogens is 240 g/mol. The first-order valence-electron chi connectivity index (χ1n) is 7.81. The van der Waals surface area contributed by atoms with E-state index < -0.39 is 0 Å². The average molecular weight is 270 g/mol. The summed E-state index contributed by atoms with van der Waals surface area (Å²) in [5.41, 5.74) is 0. The van der Waals surface area contributed by atoms with Gasteiger partial charge in [0.25, 0.3) is 0 Å². The van der Waals surface area contributed by atoms with E-state index in [0.717, 1.165) is 26.2 Å². The lowest BCUT2D eigenvalue weighted by atomic mass is 10.2. The van der Waals surface area contributed by atoms with Gasteiger partial charge in [-0.2, -0.15) is 0 Å². The molecule has 19 heavy (non-hydrogen) atoms. The maximum atomic E-state index is 5.92. The van der Waals surface area contributed by atoms with E-state index in [4.69, 9.17) is 11.7 Å². The molecule has 0 aliphatic carbocycles. The molecule has 4 N–H and O–H groups in total. The van der Waals surface area contributed by atoms with Crippen molar-refractivity contribution in [3.8, 4) is 0 Å². The smallest absolute Gasteiger partial charge is 0.129 e. The third kappa shape index (κ3) is 2.94. The number of hydrazine groups is 2. The molecule has 3 saturated heterocycles. The molecule has 0 radical (unpaired) electrons. The summed E-state index contributed by atoms with van der Waals surface area (Å²) >= 11 is 0. The second kappa shape index (κ2) is 5.27. The summed E-state index contributed by atoms with van der Waals surface area (Å²) in [6.45, 7) is 14.7. The van der Waals surface area contributed by atoms with E-state index in [2.05, 4.69) is 0 Å². The van der Waals surface area contributed by atoms with Crippen molar-refractivity contribution in [1.82, 2.24) is 10.0 Å². The Balaban J connectivity index is 1.62. The molecule has 0 aromatic rings. The van der Waals surface area contributed by atoms with Crippen LogP contribution in [-0.2, 0) is 0 Å². The van der Waals surface area contributed by atoms with E-state index in [0.29, 0.717) is 0 Å². The van der Waals surface area contributed by atoms with E-state index in [1.165, 1.54) is 67.7 Å². The minimum absolute atomic E-state index is 1.07. The summed E-state index contributed by atoms with van der Waals surface area (Å²) in [5.74, 6) is 11.8. The van der Waals surface area contributed by atoms with E-state index in [9.17, 15) is 0 Å². The molecule has 3 aliphatic rings. The highest BCUT2D eigenvalue weighted by molar-refractivity contribution is 4.65. The molecule has 0 aromatic heterocycles. The predicted molar refractivity (Wildman–Crippen MR) is 75.6 cm³/mol. The van der Waals surface area contributed by atoms with E-state index in [1.54, 1.807) is 0 Å². The molecule has 0 aromatic carbocycles. The number of nitrogens with zero attached hydrogens (tertiary/aromatic N) is 4.